The van der Waals surface area contributed by atoms with E-state index in [1.54, 1.807) is 0 Å². The smallest absolute Gasteiger partial charge is 0.281 e. The van der Waals surface area contributed by atoms with Crippen LogP contribution in [-0.4, -0.2) is 50.1 Å². The van der Waals surface area contributed by atoms with Crippen molar-refractivity contribution >= 4 is 21.8 Å². The Morgan fingerprint density at radius 3 is 2.42 bits per heavy atom. The Bertz CT molecular complexity index is 669. The van der Waals surface area contributed by atoms with Crippen LogP contribution >= 0.6 is 0 Å². The molecule has 1 atom stereocenters. The topological polar surface area (TPSA) is 69.7 Å². The van der Waals surface area contributed by atoms with Gasteiger partial charge < -0.3 is 5.32 Å². The molecule has 1 saturated heterocycles. The Hall–Kier alpha value is -1.44. The maximum absolute atomic E-state index is 12.5. The fourth-order valence-corrected chi connectivity index (χ4v) is 3.98. The molecular formula is C17H27N3O3S. The van der Waals surface area contributed by atoms with Gasteiger partial charge in [-0.1, -0.05) is 26.0 Å². The number of anilines is 1. The molecule has 7 heteroatoms. The second-order valence-electron chi connectivity index (χ2n) is 6.75. The summed E-state index contributed by atoms with van der Waals surface area (Å²) in [5, 5.41) is 2.90. The van der Waals surface area contributed by atoms with Crippen molar-refractivity contribution in [1.29, 1.82) is 0 Å². The first-order valence-corrected chi connectivity index (χ1v) is 9.70. The average molecular weight is 353 g/mol. The summed E-state index contributed by atoms with van der Waals surface area (Å²) < 4.78 is 27.1. The zero-order valence-electron chi connectivity index (χ0n) is 14.8. The van der Waals surface area contributed by atoms with Crippen molar-refractivity contribution in [3.05, 3.63) is 29.8 Å². The number of piperidine rings is 1. The molecule has 0 aromatic heterocycles. The Morgan fingerprint density at radius 1 is 1.25 bits per heavy atom. The molecule has 0 saturated carbocycles. The van der Waals surface area contributed by atoms with Crippen molar-refractivity contribution < 1.29 is 13.2 Å². The lowest BCUT2D eigenvalue weighted by molar-refractivity contribution is -0.120. The minimum atomic E-state index is -3.47. The maximum atomic E-state index is 12.5. The van der Waals surface area contributed by atoms with E-state index in [2.05, 4.69) is 19.2 Å². The monoisotopic (exact) mass is 353 g/mol. The van der Waals surface area contributed by atoms with Gasteiger partial charge in [0.1, 0.15) is 0 Å². The number of carbonyl (C=O) groups is 1. The van der Waals surface area contributed by atoms with Crippen molar-refractivity contribution in [3.63, 3.8) is 0 Å². The number of rotatable bonds is 5. The van der Waals surface area contributed by atoms with Gasteiger partial charge in [-0.3, -0.25) is 4.79 Å². The summed E-state index contributed by atoms with van der Waals surface area (Å²) in [7, 11) is -0.449. The van der Waals surface area contributed by atoms with Crippen LogP contribution in [0.5, 0.6) is 0 Å². The maximum Gasteiger partial charge on any atom is 0.281 e. The lowest BCUT2D eigenvalue weighted by Crippen LogP contribution is -2.47. The largest absolute Gasteiger partial charge is 0.326 e. The Morgan fingerprint density at radius 2 is 1.88 bits per heavy atom. The molecule has 1 amide bonds. The Labute approximate surface area is 145 Å². The number of carbonyl (C=O) groups excluding carboxylic acids is 1. The van der Waals surface area contributed by atoms with E-state index in [1.807, 2.05) is 24.3 Å². The molecular weight excluding hydrogens is 326 g/mol. The van der Waals surface area contributed by atoms with Crippen LogP contribution in [0.3, 0.4) is 0 Å². The molecule has 0 bridgehead atoms. The Balaban J connectivity index is 2.02. The van der Waals surface area contributed by atoms with Gasteiger partial charge in [0, 0.05) is 32.9 Å². The number of hydrogen-bond donors (Lipinski definition) is 1. The van der Waals surface area contributed by atoms with E-state index >= 15 is 0 Å². The number of hydrogen-bond acceptors (Lipinski definition) is 3. The van der Waals surface area contributed by atoms with Crippen LogP contribution in [0, 0.1) is 5.92 Å². The highest BCUT2D eigenvalue weighted by Crippen LogP contribution is 2.23. The second-order valence-corrected chi connectivity index (χ2v) is 8.90. The third-order valence-corrected chi connectivity index (χ3v) is 6.29. The van der Waals surface area contributed by atoms with E-state index < -0.39 is 10.2 Å². The highest BCUT2D eigenvalue weighted by molar-refractivity contribution is 7.86. The summed E-state index contributed by atoms with van der Waals surface area (Å²) in [4.78, 5) is 12.5. The molecule has 2 rings (SSSR count). The average Bonchev–Trinajstić information content (AvgIpc) is 2.55. The van der Waals surface area contributed by atoms with E-state index in [0.29, 0.717) is 25.3 Å². The standard InChI is InChI=1S/C17H27N3O3S/c1-13(2)14-7-9-16(10-8-14)18-17(21)15-6-5-11-20(12-15)24(22,23)19(3)4/h7-10,13,15H,5-6,11-12H2,1-4H3,(H,18,21). The SMILES string of the molecule is CC(C)c1ccc(NC(=O)C2CCCN(S(=O)(=O)N(C)C)C2)cc1. The highest BCUT2D eigenvalue weighted by atomic mass is 32.2. The van der Waals surface area contributed by atoms with Gasteiger partial charge in [0.25, 0.3) is 10.2 Å². The van der Waals surface area contributed by atoms with Crippen molar-refractivity contribution in [2.75, 3.05) is 32.5 Å². The van der Waals surface area contributed by atoms with Gasteiger partial charge in [-0.2, -0.15) is 17.0 Å². The summed E-state index contributed by atoms with van der Waals surface area (Å²) in [5.74, 6) is 0.00194. The minimum Gasteiger partial charge on any atom is -0.326 e. The van der Waals surface area contributed by atoms with Crippen molar-refractivity contribution in [2.45, 2.75) is 32.6 Å². The van der Waals surface area contributed by atoms with Gasteiger partial charge in [-0.05, 0) is 36.5 Å². The number of amides is 1. The van der Waals surface area contributed by atoms with Crippen LogP contribution in [-0.2, 0) is 15.0 Å². The van der Waals surface area contributed by atoms with Gasteiger partial charge in [0.05, 0.1) is 5.92 Å². The normalized spacial score (nSPS) is 19.7. The van der Waals surface area contributed by atoms with Gasteiger partial charge in [-0.15, -0.1) is 0 Å². The van der Waals surface area contributed by atoms with Crippen LogP contribution < -0.4 is 5.32 Å². The van der Waals surface area contributed by atoms with E-state index in [0.717, 1.165) is 5.69 Å². The summed E-state index contributed by atoms with van der Waals surface area (Å²) in [6.45, 7) is 4.94. The van der Waals surface area contributed by atoms with Crippen molar-refractivity contribution in [1.82, 2.24) is 8.61 Å². The molecule has 1 unspecified atom stereocenters. The molecule has 0 radical (unpaired) electrons. The predicted octanol–water partition coefficient (Wildman–Crippen LogP) is 2.27. The first-order valence-electron chi connectivity index (χ1n) is 8.30. The first kappa shape index (κ1) is 18.9. The zero-order valence-corrected chi connectivity index (χ0v) is 15.6. The van der Waals surface area contributed by atoms with Gasteiger partial charge >= 0.3 is 0 Å². The van der Waals surface area contributed by atoms with E-state index in [4.69, 9.17) is 0 Å². The van der Waals surface area contributed by atoms with E-state index in [9.17, 15) is 13.2 Å². The molecule has 1 aliphatic rings. The molecule has 0 spiro atoms. The molecule has 1 aromatic rings. The van der Waals surface area contributed by atoms with Crippen molar-refractivity contribution in [2.24, 2.45) is 5.92 Å². The fourth-order valence-electron chi connectivity index (χ4n) is 2.79. The molecule has 24 heavy (non-hydrogen) atoms. The van der Waals surface area contributed by atoms with Gasteiger partial charge in [0.2, 0.25) is 5.91 Å². The first-order chi connectivity index (χ1) is 11.2. The molecule has 134 valence electrons. The van der Waals surface area contributed by atoms with Crippen molar-refractivity contribution in [3.8, 4) is 0 Å². The highest BCUT2D eigenvalue weighted by Gasteiger charge is 2.33. The van der Waals surface area contributed by atoms with Crippen LogP contribution in [0.4, 0.5) is 5.69 Å². The molecule has 1 fully saturated rings. The number of benzene rings is 1. The van der Waals surface area contributed by atoms with Gasteiger partial charge in [-0.25, -0.2) is 0 Å². The quantitative estimate of drug-likeness (QED) is 0.883. The fraction of sp³-hybridized carbons (Fsp3) is 0.588. The van der Waals surface area contributed by atoms with Crippen LogP contribution in [0.2, 0.25) is 0 Å². The molecule has 1 aromatic carbocycles. The third kappa shape index (κ3) is 4.34. The van der Waals surface area contributed by atoms with Crippen LogP contribution in [0.15, 0.2) is 24.3 Å². The summed E-state index contributed by atoms with van der Waals surface area (Å²) in [6, 6.07) is 7.79. The Kier molecular flexibility index (Phi) is 6.01. The molecule has 1 heterocycles. The van der Waals surface area contributed by atoms with Crippen LogP contribution in [0.1, 0.15) is 38.2 Å². The van der Waals surface area contributed by atoms with Crippen LogP contribution in [0.25, 0.3) is 0 Å². The summed E-state index contributed by atoms with van der Waals surface area (Å²) >= 11 is 0. The molecule has 1 N–H and O–H groups in total. The van der Waals surface area contributed by atoms with E-state index in [-0.39, 0.29) is 18.4 Å². The van der Waals surface area contributed by atoms with E-state index in [1.165, 1.54) is 28.3 Å². The second kappa shape index (κ2) is 7.63. The summed E-state index contributed by atoms with van der Waals surface area (Å²) in [6.07, 6.45) is 1.40. The molecule has 1 aliphatic heterocycles. The lowest BCUT2D eigenvalue weighted by atomic mass is 9.98. The zero-order chi connectivity index (χ0) is 17.9. The summed E-state index contributed by atoms with van der Waals surface area (Å²) in [5.41, 5.74) is 1.96. The van der Waals surface area contributed by atoms with Gasteiger partial charge in [0.15, 0.2) is 0 Å². The number of nitrogens with one attached hydrogen (secondary N) is 1. The molecule has 6 nitrogen and oxygen atoms in total. The predicted molar refractivity (Wildman–Crippen MR) is 96.1 cm³/mol. The minimum absolute atomic E-state index is 0.119. The number of nitrogens with zero attached hydrogens (tertiary/aromatic N) is 2. The lowest BCUT2D eigenvalue weighted by Gasteiger charge is -2.32. The molecule has 0 aliphatic carbocycles. The third-order valence-electron chi connectivity index (χ3n) is 4.39.